The van der Waals surface area contributed by atoms with E-state index in [9.17, 15) is 4.79 Å². The Morgan fingerprint density at radius 1 is 1.07 bits per heavy atom. The van der Waals surface area contributed by atoms with Gasteiger partial charge in [0.15, 0.2) is 5.96 Å². The molecule has 1 aromatic heterocycles. The number of amides is 1. The van der Waals surface area contributed by atoms with Crippen molar-refractivity contribution in [2.45, 2.75) is 32.7 Å². The van der Waals surface area contributed by atoms with Crippen LogP contribution in [0.5, 0.6) is 0 Å². The maximum Gasteiger partial charge on any atom is 0.225 e. The van der Waals surface area contributed by atoms with Crippen molar-refractivity contribution >= 4 is 11.9 Å². The summed E-state index contributed by atoms with van der Waals surface area (Å²) in [5.41, 5.74) is 0. The Hall–Kier alpha value is -2.02. The summed E-state index contributed by atoms with van der Waals surface area (Å²) in [5, 5.41) is 6.70. The van der Waals surface area contributed by atoms with Crippen molar-refractivity contribution in [2.75, 3.05) is 52.4 Å². The molecule has 0 radical (unpaired) electrons. The first-order valence-electron chi connectivity index (χ1n) is 10.4. The van der Waals surface area contributed by atoms with E-state index in [0.717, 1.165) is 77.7 Å². The number of rotatable bonds is 8. The summed E-state index contributed by atoms with van der Waals surface area (Å²) in [7, 11) is 0. The molecule has 1 amide bonds. The third-order valence-corrected chi connectivity index (χ3v) is 5.50. The van der Waals surface area contributed by atoms with Crippen LogP contribution < -0.4 is 10.6 Å². The molecule has 0 atom stereocenters. The third kappa shape index (κ3) is 5.99. The molecule has 2 aliphatic rings. The molecule has 2 heterocycles. The van der Waals surface area contributed by atoms with Gasteiger partial charge in [-0.1, -0.05) is 6.42 Å². The van der Waals surface area contributed by atoms with Gasteiger partial charge >= 0.3 is 0 Å². The molecule has 1 saturated carbocycles. The van der Waals surface area contributed by atoms with Crippen LogP contribution in [0.1, 0.15) is 26.2 Å². The number of aromatic nitrogens is 1. The van der Waals surface area contributed by atoms with Gasteiger partial charge in [0.05, 0.1) is 6.54 Å². The minimum Gasteiger partial charge on any atom is -0.357 e. The second-order valence-electron chi connectivity index (χ2n) is 7.40. The smallest absolute Gasteiger partial charge is 0.225 e. The maximum absolute atomic E-state index is 12.3. The fraction of sp³-hybridized carbons (Fsp3) is 0.700. The highest BCUT2D eigenvalue weighted by Gasteiger charge is 2.30. The summed E-state index contributed by atoms with van der Waals surface area (Å²) in [6.45, 7) is 10.1. The van der Waals surface area contributed by atoms with Crippen LogP contribution in [0.2, 0.25) is 0 Å². The zero-order valence-corrected chi connectivity index (χ0v) is 16.6. The number of hydrogen-bond donors (Lipinski definition) is 2. The number of nitrogens with zero attached hydrogens (tertiary/aromatic N) is 4. The lowest BCUT2D eigenvalue weighted by atomic mass is 9.84. The van der Waals surface area contributed by atoms with Crippen LogP contribution in [-0.2, 0) is 11.3 Å². The van der Waals surface area contributed by atoms with Crippen LogP contribution in [-0.4, -0.2) is 78.6 Å². The lowest BCUT2D eigenvalue weighted by molar-refractivity contribution is -0.139. The molecule has 0 spiro atoms. The first-order chi connectivity index (χ1) is 13.3. The van der Waals surface area contributed by atoms with Gasteiger partial charge < -0.3 is 20.1 Å². The average Bonchev–Trinajstić information content (AvgIpc) is 3.14. The summed E-state index contributed by atoms with van der Waals surface area (Å²) in [4.78, 5) is 21.5. The molecule has 7 nitrogen and oxygen atoms in total. The highest BCUT2D eigenvalue weighted by Crippen LogP contribution is 2.28. The first kappa shape index (κ1) is 19.7. The van der Waals surface area contributed by atoms with Crippen LogP contribution in [0.15, 0.2) is 29.5 Å². The zero-order valence-electron chi connectivity index (χ0n) is 16.6. The summed E-state index contributed by atoms with van der Waals surface area (Å²) in [6.07, 6.45) is 7.56. The lowest BCUT2D eigenvalue weighted by Gasteiger charge is -2.38. The van der Waals surface area contributed by atoms with Crippen LogP contribution in [0.25, 0.3) is 0 Å². The molecule has 1 aromatic rings. The fourth-order valence-corrected chi connectivity index (χ4v) is 3.57. The third-order valence-electron chi connectivity index (χ3n) is 5.50. The minimum absolute atomic E-state index is 0.321. The normalized spacial score (nSPS) is 19.0. The van der Waals surface area contributed by atoms with Gasteiger partial charge in [-0.2, -0.15) is 0 Å². The lowest BCUT2D eigenvalue weighted by Crippen LogP contribution is -2.51. The van der Waals surface area contributed by atoms with Crippen LogP contribution in [0, 0.1) is 5.92 Å². The second-order valence-corrected chi connectivity index (χ2v) is 7.40. The van der Waals surface area contributed by atoms with E-state index in [-0.39, 0.29) is 0 Å². The quantitative estimate of drug-likeness (QED) is 0.526. The number of carbonyl (C=O) groups is 1. The molecule has 1 aliphatic heterocycles. The minimum atomic E-state index is 0.321. The Kier molecular flexibility index (Phi) is 7.56. The van der Waals surface area contributed by atoms with Gasteiger partial charge in [-0.3, -0.25) is 14.7 Å². The van der Waals surface area contributed by atoms with Crippen molar-refractivity contribution in [3.05, 3.63) is 24.5 Å². The van der Waals surface area contributed by atoms with E-state index in [1.165, 1.54) is 6.42 Å². The van der Waals surface area contributed by atoms with Gasteiger partial charge in [0.2, 0.25) is 5.91 Å². The molecule has 1 aliphatic carbocycles. The average molecular weight is 375 g/mol. The Bertz CT molecular complexity index is 588. The SMILES string of the molecule is CCNC(=NCCN1CCN(C(=O)C2CCC2)CC1)NCCn1cccc1. The standard InChI is InChI=1S/C20H34N6O/c1-2-21-20(22-8-12-24-10-3-4-11-24)23-9-13-25-14-16-26(17-15-25)19(27)18-6-5-7-18/h3-4,10-11,18H,2,5-9,12-17H2,1H3,(H2,21,22,23). The number of carbonyl (C=O) groups excluding carboxylic acids is 1. The van der Waals surface area contributed by atoms with Crippen LogP contribution in [0.3, 0.4) is 0 Å². The molecular formula is C20H34N6O. The highest BCUT2D eigenvalue weighted by molar-refractivity contribution is 5.80. The monoisotopic (exact) mass is 374 g/mol. The largest absolute Gasteiger partial charge is 0.357 e. The van der Waals surface area contributed by atoms with Gasteiger partial charge in [0, 0.05) is 70.7 Å². The summed E-state index contributed by atoms with van der Waals surface area (Å²) in [5.74, 6) is 1.59. The number of guanidine groups is 1. The van der Waals surface area contributed by atoms with Crippen LogP contribution >= 0.6 is 0 Å². The number of aliphatic imine (C=N–C) groups is 1. The van der Waals surface area contributed by atoms with Gasteiger partial charge in [-0.05, 0) is 31.9 Å². The highest BCUT2D eigenvalue weighted by atomic mass is 16.2. The Morgan fingerprint density at radius 3 is 2.44 bits per heavy atom. The molecular weight excluding hydrogens is 340 g/mol. The molecule has 2 N–H and O–H groups in total. The Balaban J connectivity index is 1.34. The van der Waals surface area contributed by atoms with Crippen molar-refractivity contribution in [1.82, 2.24) is 25.0 Å². The Morgan fingerprint density at radius 2 is 1.81 bits per heavy atom. The van der Waals surface area contributed by atoms with E-state index in [4.69, 9.17) is 4.99 Å². The molecule has 0 unspecified atom stereocenters. The molecule has 150 valence electrons. The molecule has 27 heavy (non-hydrogen) atoms. The van der Waals surface area contributed by atoms with E-state index < -0.39 is 0 Å². The topological polar surface area (TPSA) is 64.9 Å². The first-order valence-corrected chi connectivity index (χ1v) is 10.4. The van der Waals surface area contributed by atoms with Crippen molar-refractivity contribution in [3.8, 4) is 0 Å². The van der Waals surface area contributed by atoms with Gasteiger partial charge in [0.25, 0.3) is 0 Å². The number of piperazine rings is 1. The molecule has 2 fully saturated rings. The van der Waals surface area contributed by atoms with E-state index in [0.29, 0.717) is 11.8 Å². The van der Waals surface area contributed by atoms with Crippen molar-refractivity contribution in [2.24, 2.45) is 10.9 Å². The van der Waals surface area contributed by atoms with Crippen molar-refractivity contribution < 1.29 is 4.79 Å². The summed E-state index contributed by atoms with van der Waals surface area (Å²) < 4.78 is 2.15. The number of nitrogens with one attached hydrogen (secondary N) is 2. The van der Waals surface area contributed by atoms with E-state index in [1.807, 2.05) is 12.1 Å². The fourth-order valence-electron chi connectivity index (χ4n) is 3.57. The van der Waals surface area contributed by atoms with Crippen molar-refractivity contribution in [3.63, 3.8) is 0 Å². The zero-order chi connectivity index (χ0) is 18.9. The predicted molar refractivity (Wildman–Crippen MR) is 109 cm³/mol. The van der Waals surface area contributed by atoms with E-state index >= 15 is 0 Å². The molecule has 1 saturated heterocycles. The molecule has 7 heteroatoms. The van der Waals surface area contributed by atoms with Crippen molar-refractivity contribution in [1.29, 1.82) is 0 Å². The van der Waals surface area contributed by atoms with Gasteiger partial charge in [-0.25, -0.2) is 0 Å². The summed E-state index contributed by atoms with van der Waals surface area (Å²) >= 11 is 0. The molecule has 0 bridgehead atoms. The molecule has 3 rings (SSSR count). The molecule has 0 aromatic carbocycles. The Labute approximate surface area is 162 Å². The number of hydrogen-bond acceptors (Lipinski definition) is 3. The summed E-state index contributed by atoms with van der Waals surface area (Å²) in [6, 6.07) is 4.08. The van der Waals surface area contributed by atoms with Crippen LogP contribution in [0.4, 0.5) is 0 Å². The predicted octanol–water partition coefficient (Wildman–Crippen LogP) is 0.988. The second kappa shape index (κ2) is 10.3. The van der Waals surface area contributed by atoms with Gasteiger partial charge in [0.1, 0.15) is 0 Å². The van der Waals surface area contributed by atoms with Gasteiger partial charge in [-0.15, -0.1) is 0 Å². The van der Waals surface area contributed by atoms with E-state index in [2.05, 4.69) is 44.3 Å². The maximum atomic E-state index is 12.3. The van der Waals surface area contributed by atoms with E-state index in [1.54, 1.807) is 0 Å².